The fraction of sp³-hybridized carbons (Fsp3) is 0.143. The fourth-order valence-electron chi connectivity index (χ4n) is 0.971. The summed E-state index contributed by atoms with van der Waals surface area (Å²) in [6.07, 6.45) is 4.32. The van der Waals surface area contributed by atoms with E-state index < -0.39 is 0 Å². The number of halogens is 1. The lowest BCUT2D eigenvalue weighted by molar-refractivity contribution is 1.25. The van der Waals surface area contributed by atoms with Crippen molar-refractivity contribution in [2.24, 2.45) is 4.99 Å². The van der Waals surface area contributed by atoms with Gasteiger partial charge in [-0.2, -0.15) is 0 Å². The van der Waals surface area contributed by atoms with Gasteiger partial charge in [0.1, 0.15) is 0 Å². The van der Waals surface area contributed by atoms with Gasteiger partial charge in [-0.3, -0.25) is 0 Å². The first kappa shape index (κ1) is 5.86. The van der Waals surface area contributed by atoms with Gasteiger partial charge in [-0.15, -0.1) is 0 Å². The van der Waals surface area contributed by atoms with Crippen LogP contribution in [0.1, 0.15) is 5.56 Å². The fourth-order valence-corrected chi connectivity index (χ4v) is 1.15. The van der Waals surface area contributed by atoms with Crippen molar-refractivity contribution in [2.45, 2.75) is 6.42 Å². The maximum Gasteiger partial charge on any atom is 0.155 e. The standard InChI is InChI=1S/C7H5ClN2/c8-6-3-5-1-2-9-7(5)10-4-6/h2-4H,1H2. The molecule has 0 aliphatic carbocycles. The third-order valence-corrected chi connectivity index (χ3v) is 1.64. The van der Waals surface area contributed by atoms with Crippen LogP contribution in [-0.2, 0) is 6.42 Å². The van der Waals surface area contributed by atoms with Crippen LogP contribution in [0, 0.1) is 0 Å². The van der Waals surface area contributed by atoms with Crippen LogP contribution >= 0.6 is 11.6 Å². The second kappa shape index (κ2) is 2.06. The summed E-state index contributed by atoms with van der Waals surface area (Å²) in [6.45, 7) is 0. The van der Waals surface area contributed by atoms with Crippen molar-refractivity contribution < 1.29 is 0 Å². The monoisotopic (exact) mass is 152 g/mol. The summed E-state index contributed by atoms with van der Waals surface area (Å²) in [5, 5.41) is 0.684. The summed E-state index contributed by atoms with van der Waals surface area (Å²) in [4.78, 5) is 8.07. The van der Waals surface area contributed by atoms with E-state index in [0.29, 0.717) is 5.02 Å². The number of nitrogens with zero attached hydrogens (tertiary/aromatic N) is 2. The van der Waals surface area contributed by atoms with E-state index in [1.54, 1.807) is 6.20 Å². The molecule has 0 radical (unpaired) electrons. The normalized spacial score (nSPS) is 13.7. The van der Waals surface area contributed by atoms with E-state index >= 15 is 0 Å². The predicted octanol–water partition coefficient (Wildman–Crippen LogP) is 1.99. The Bertz CT molecular complexity index is 294. The lowest BCUT2D eigenvalue weighted by Gasteiger charge is -1.94. The number of hydrogen-bond acceptors (Lipinski definition) is 2. The highest BCUT2D eigenvalue weighted by Gasteiger charge is 2.06. The molecule has 0 atom stereocenters. The Kier molecular flexibility index (Phi) is 1.21. The van der Waals surface area contributed by atoms with E-state index in [1.165, 1.54) is 0 Å². The van der Waals surface area contributed by atoms with E-state index in [4.69, 9.17) is 11.6 Å². The molecule has 0 unspecified atom stereocenters. The van der Waals surface area contributed by atoms with Crippen LogP contribution in [-0.4, -0.2) is 11.2 Å². The highest BCUT2D eigenvalue weighted by Crippen LogP contribution is 2.23. The number of hydrogen-bond donors (Lipinski definition) is 0. The van der Waals surface area contributed by atoms with Crippen molar-refractivity contribution in [1.82, 2.24) is 4.98 Å². The summed E-state index contributed by atoms with van der Waals surface area (Å²) >= 11 is 5.71. The lowest BCUT2D eigenvalue weighted by atomic mass is 10.2. The Balaban J connectivity index is 2.59. The molecule has 0 spiro atoms. The van der Waals surface area contributed by atoms with Gasteiger partial charge in [0.25, 0.3) is 0 Å². The van der Waals surface area contributed by atoms with Gasteiger partial charge >= 0.3 is 0 Å². The Labute approximate surface area is 63.6 Å². The molecule has 50 valence electrons. The first-order chi connectivity index (χ1) is 4.86. The van der Waals surface area contributed by atoms with E-state index in [9.17, 15) is 0 Å². The van der Waals surface area contributed by atoms with Crippen LogP contribution in [0.2, 0.25) is 5.02 Å². The van der Waals surface area contributed by atoms with Crippen LogP contribution in [0.25, 0.3) is 0 Å². The van der Waals surface area contributed by atoms with Crippen LogP contribution in [0.5, 0.6) is 0 Å². The van der Waals surface area contributed by atoms with Crippen molar-refractivity contribution in [2.75, 3.05) is 0 Å². The quantitative estimate of drug-likeness (QED) is 0.558. The molecule has 1 aromatic heterocycles. The molecule has 0 amide bonds. The van der Waals surface area contributed by atoms with Gasteiger partial charge in [-0.25, -0.2) is 9.98 Å². The second-order valence-electron chi connectivity index (χ2n) is 2.15. The first-order valence-corrected chi connectivity index (χ1v) is 3.41. The molecule has 0 bridgehead atoms. The number of rotatable bonds is 0. The van der Waals surface area contributed by atoms with Crippen molar-refractivity contribution in [3.8, 4) is 0 Å². The third-order valence-electron chi connectivity index (χ3n) is 1.43. The van der Waals surface area contributed by atoms with Gasteiger partial charge in [-0.1, -0.05) is 11.6 Å². The summed E-state index contributed by atoms with van der Waals surface area (Å²) in [5.74, 6) is 0.810. The molecule has 1 aromatic rings. The van der Waals surface area contributed by atoms with Crippen LogP contribution in [0.4, 0.5) is 5.82 Å². The SMILES string of the molecule is Clc1cnc2c(c1)CC=N2. The molecule has 3 heteroatoms. The second-order valence-corrected chi connectivity index (χ2v) is 2.59. The summed E-state index contributed by atoms with van der Waals surface area (Å²) < 4.78 is 0. The minimum atomic E-state index is 0.684. The molecule has 2 rings (SSSR count). The van der Waals surface area contributed by atoms with Gasteiger partial charge in [-0.05, 0) is 6.07 Å². The van der Waals surface area contributed by atoms with Crippen LogP contribution in [0.15, 0.2) is 17.3 Å². The summed E-state index contributed by atoms with van der Waals surface area (Å²) in [6, 6.07) is 1.90. The number of aromatic nitrogens is 1. The number of aliphatic imine (C=N–C) groups is 1. The van der Waals surface area contributed by atoms with Crippen molar-refractivity contribution in [3.05, 3.63) is 22.8 Å². The van der Waals surface area contributed by atoms with E-state index in [2.05, 4.69) is 9.98 Å². The maximum atomic E-state index is 5.71. The third kappa shape index (κ3) is 0.809. The molecule has 10 heavy (non-hydrogen) atoms. The van der Waals surface area contributed by atoms with Crippen LogP contribution in [0.3, 0.4) is 0 Å². The van der Waals surface area contributed by atoms with Gasteiger partial charge in [0.05, 0.1) is 5.02 Å². The van der Waals surface area contributed by atoms with Crippen molar-refractivity contribution in [3.63, 3.8) is 0 Å². The van der Waals surface area contributed by atoms with E-state index in [0.717, 1.165) is 17.8 Å². The highest BCUT2D eigenvalue weighted by atomic mass is 35.5. The molecule has 0 fully saturated rings. The highest BCUT2D eigenvalue weighted by molar-refractivity contribution is 6.30. The maximum absolute atomic E-state index is 5.71. The molecular weight excluding hydrogens is 148 g/mol. The largest absolute Gasteiger partial charge is 0.241 e. The Morgan fingerprint density at radius 3 is 3.30 bits per heavy atom. The van der Waals surface area contributed by atoms with Crippen molar-refractivity contribution >= 4 is 23.6 Å². The lowest BCUT2D eigenvalue weighted by Crippen LogP contribution is -1.80. The molecule has 2 nitrogen and oxygen atoms in total. The molecule has 1 aliphatic rings. The number of fused-ring (bicyclic) bond motifs is 1. The van der Waals surface area contributed by atoms with Gasteiger partial charge in [0.15, 0.2) is 5.82 Å². The average molecular weight is 153 g/mol. The topological polar surface area (TPSA) is 25.2 Å². The molecule has 2 heterocycles. The molecule has 0 aromatic carbocycles. The Morgan fingerprint density at radius 1 is 1.50 bits per heavy atom. The van der Waals surface area contributed by atoms with Crippen LogP contribution < -0.4 is 0 Å². The van der Waals surface area contributed by atoms with Gasteiger partial charge in [0, 0.05) is 24.4 Å². The van der Waals surface area contributed by atoms with Gasteiger partial charge < -0.3 is 0 Å². The number of pyridine rings is 1. The van der Waals surface area contributed by atoms with Crippen molar-refractivity contribution in [1.29, 1.82) is 0 Å². The first-order valence-electron chi connectivity index (χ1n) is 3.03. The minimum absolute atomic E-state index is 0.684. The smallest absolute Gasteiger partial charge is 0.155 e. The summed E-state index contributed by atoms with van der Waals surface area (Å²) in [5.41, 5.74) is 1.12. The summed E-state index contributed by atoms with van der Waals surface area (Å²) in [7, 11) is 0. The Hall–Kier alpha value is -0.890. The zero-order valence-electron chi connectivity index (χ0n) is 5.21. The van der Waals surface area contributed by atoms with E-state index in [1.807, 2.05) is 12.3 Å². The zero-order chi connectivity index (χ0) is 6.97. The minimum Gasteiger partial charge on any atom is -0.241 e. The Morgan fingerprint density at radius 2 is 2.40 bits per heavy atom. The molecule has 0 saturated carbocycles. The zero-order valence-corrected chi connectivity index (χ0v) is 5.97. The molecule has 0 saturated heterocycles. The predicted molar refractivity (Wildman–Crippen MR) is 41.1 cm³/mol. The average Bonchev–Trinajstić information content (AvgIpc) is 2.33. The molecule has 1 aliphatic heterocycles. The van der Waals surface area contributed by atoms with Gasteiger partial charge in [0.2, 0.25) is 0 Å². The molecular formula is C7H5ClN2. The van der Waals surface area contributed by atoms with E-state index in [-0.39, 0.29) is 0 Å². The molecule has 0 N–H and O–H groups in total.